The molecule has 4 atom stereocenters. The van der Waals surface area contributed by atoms with Crippen LogP contribution in [-0.2, 0) is 4.79 Å². The molecule has 0 aromatic heterocycles. The lowest BCUT2D eigenvalue weighted by molar-refractivity contribution is -0.131. The van der Waals surface area contributed by atoms with Crippen molar-refractivity contribution >= 4 is 5.91 Å². The van der Waals surface area contributed by atoms with Crippen molar-refractivity contribution in [1.29, 1.82) is 0 Å². The molecule has 1 amide bonds. The number of carbonyl (C=O) groups is 1. The lowest BCUT2D eigenvalue weighted by Crippen LogP contribution is -2.50. The van der Waals surface area contributed by atoms with E-state index in [9.17, 15) is 4.79 Å². The molecule has 1 aliphatic rings. The van der Waals surface area contributed by atoms with Gasteiger partial charge in [0.1, 0.15) is 0 Å². The van der Waals surface area contributed by atoms with Crippen LogP contribution in [-0.4, -0.2) is 37.0 Å². The third kappa shape index (κ3) is 5.13. The van der Waals surface area contributed by atoms with Gasteiger partial charge in [-0.1, -0.05) is 27.7 Å². The highest BCUT2D eigenvalue weighted by Crippen LogP contribution is 2.29. The van der Waals surface area contributed by atoms with Crippen LogP contribution in [0.1, 0.15) is 53.4 Å². The maximum atomic E-state index is 12.3. The number of carbonyl (C=O) groups excluding carboxylic acids is 1. The molecular formula is C16H32N2O. The van der Waals surface area contributed by atoms with Gasteiger partial charge in [0.05, 0.1) is 6.04 Å². The highest BCUT2D eigenvalue weighted by atomic mass is 16.2. The number of rotatable bonds is 5. The summed E-state index contributed by atoms with van der Waals surface area (Å²) in [6.45, 7) is 9.05. The molecule has 1 aliphatic carbocycles. The summed E-state index contributed by atoms with van der Waals surface area (Å²) in [5.74, 6) is 2.35. The number of hydrogen-bond donors (Lipinski definition) is 1. The van der Waals surface area contributed by atoms with E-state index in [1.165, 1.54) is 19.3 Å². The fourth-order valence-electron chi connectivity index (χ4n) is 3.01. The summed E-state index contributed by atoms with van der Waals surface area (Å²) in [5.41, 5.74) is 0. The minimum atomic E-state index is -0.0133. The molecule has 1 fully saturated rings. The molecule has 0 aromatic rings. The van der Waals surface area contributed by atoms with Gasteiger partial charge in [-0.2, -0.15) is 0 Å². The van der Waals surface area contributed by atoms with Crippen LogP contribution in [0, 0.1) is 17.8 Å². The van der Waals surface area contributed by atoms with Gasteiger partial charge in [-0.25, -0.2) is 0 Å². The number of hydrogen-bond acceptors (Lipinski definition) is 2. The van der Waals surface area contributed by atoms with Crippen molar-refractivity contribution in [3.63, 3.8) is 0 Å². The zero-order chi connectivity index (χ0) is 14.6. The number of nitrogens with zero attached hydrogens (tertiary/aromatic N) is 1. The van der Waals surface area contributed by atoms with Crippen molar-refractivity contribution in [1.82, 2.24) is 10.2 Å². The molecule has 0 saturated heterocycles. The summed E-state index contributed by atoms with van der Waals surface area (Å²) in [5, 5.41) is 3.63. The Labute approximate surface area is 119 Å². The van der Waals surface area contributed by atoms with Gasteiger partial charge < -0.3 is 10.2 Å². The van der Waals surface area contributed by atoms with Gasteiger partial charge in [0.15, 0.2) is 0 Å². The Morgan fingerprint density at radius 2 is 1.84 bits per heavy atom. The van der Waals surface area contributed by atoms with E-state index in [0.717, 1.165) is 18.3 Å². The zero-order valence-corrected chi connectivity index (χ0v) is 13.6. The Kier molecular flexibility index (Phi) is 6.31. The van der Waals surface area contributed by atoms with Gasteiger partial charge in [-0.3, -0.25) is 4.79 Å². The second kappa shape index (κ2) is 7.28. The molecular weight excluding hydrogens is 236 g/mol. The van der Waals surface area contributed by atoms with Gasteiger partial charge in [-0.05, 0) is 43.4 Å². The maximum Gasteiger partial charge on any atom is 0.239 e. The van der Waals surface area contributed by atoms with Gasteiger partial charge in [0.25, 0.3) is 0 Å². The van der Waals surface area contributed by atoms with Crippen LogP contribution in [0.15, 0.2) is 0 Å². The SMILES string of the molecule is CC(C)CC(NC1CCC(C)C(C)C1)C(=O)N(C)C. The molecule has 3 nitrogen and oxygen atoms in total. The number of likely N-dealkylation sites (N-methyl/N-ethyl adjacent to an activating group) is 1. The first-order valence-corrected chi connectivity index (χ1v) is 7.78. The lowest BCUT2D eigenvalue weighted by Gasteiger charge is -2.35. The molecule has 4 unspecified atom stereocenters. The normalized spacial score (nSPS) is 29.3. The largest absolute Gasteiger partial charge is 0.347 e. The fraction of sp³-hybridized carbons (Fsp3) is 0.938. The first-order valence-electron chi connectivity index (χ1n) is 7.78. The minimum absolute atomic E-state index is 0.0133. The molecule has 1 rings (SSSR count). The van der Waals surface area contributed by atoms with Crippen LogP contribution >= 0.6 is 0 Å². The van der Waals surface area contributed by atoms with Gasteiger partial charge >= 0.3 is 0 Å². The summed E-state index contributed by atoms with van der Waals surface area (Å²) in [7, 11) is 3.70. The fourth-order valence-corrected chi connectivity index (χ4v) is 3.01. The minimum Gasteiger partial charge on any atom is -0.347 e. The predicted octanol–water partition coefficient (Wildman–Crippen LogP) is 2.90. The molecule has 1 N–H and O–H groups in total. The van der Waals surface area contributed by atoms with Crippen molar-refractivity contribution in [2.75, 3.05) is 14.1 Å². The summed E-state index contributed by atoms with van der Waals surface area (Å²) in [6.07, 6.45) is 4.62. The van der Waals surface area contributed by atoms with Gasteiger partial charge in [-0.15, -0.1) is 0 Å². The zero-order valence-electron chi connectivity index (χ0n) is 13.6. The van der Waals surface area contributed by atoms with Crippen molar-refractivity contribution in [2.24, 2.45) is 17.8 Å². The van der Waals surface area contributed by atoms with E-state index in [-0.39, 0.29) is 11.9 Å². The smallest absolute Gasteiger partial charge is 0.239 e. The predicted molar refractivity (Wildman–Crippen MR) is 81.0 cm³/mol. The Morgan fingerprint density at radius 3 is 2.32 bits per heavy atom. The first-order chi connectivity index (χ1) is 8.81. The van der Waals surface area contributed by atoms with Crippen LogP contribution in [0.5, 0.6) is 0 Å². The molecule has 0 aromatic carbocycles. The van der Waals surface area contributed by atoms with E-state index in [0.29, 0.717) is 12.0 Å². The quantitative estimate of drug-likeness (QED) is 0.831. The molecule has 0 heterocycles. The van der Waals surface area contributed by atoms with Crippen molar-refractivity contribution < 1.29 is 4.79 Å². The third-order valence-electron chi connectivity index (χ3n) is 4.48. The average molecular weight is 268 g/mol. The van der Waals surface area contributed by atoms with E-state index < -0.39 is 0 Å². The van der Waals surface area contributed by atoms with E-state index in [4.69, 9.17) is 0 Å². The summed E-state index contributed by atoms with van der Waals surface area (Å²) in [6, 6.07) is 0.499. The Morgan fingerprint density at radius 1 is 1.21 bits per heavy atom. The lowest BCUT2D eigenvalue weighted by atomic mass is 9.79. The van der Waals surface area contributed by atoms with Crippen molar-refractivity contribution in [3.8, 4) is 0 Å². The summed E-state index contributed by atoms with van der Waals surface area (Å²) >= 11 is 0. The monoisotopic (exact) mass is 268 g/mol. The Balaban J connectivity index is 2.59. The third-order valence-corrected chi connectivity index (χ3v) is 4.48. The van der Waals surface area contributed by atoms with Crippen LogP contribution in [0.3, 0.4) is 0 Å². The van der Waals surface area contributed by atoms with E-state index in [1.807, 2.05) is 14.1 Å². The highest BCUT2D eigenvalue weighted by molar-refractivity contribution is 5.81. The maximum absolute atomic E-state index is 12.3. The molecule has 1 saturated carbocycles. The van der Waals surface area contributed by atoms with Crippen LogP contribution in [0.4, 0.5) is 0 Å². The van der Waals surface area contributed by atoms with Crippen molar-refractivity contribution in [3.05, 3.63) is 0 Å². The van der Waals surface area contributed by atoms with Gasteiger partial charge in [0, 0.05) is 20.1 Å². The second-order valence-electron chi connectivity index (χ2n) is 7.05. The highest BCUT2D eigenvalue weighted by Gasteiger charge is 2.29. The molecule has 0 bridgehead atoms. The molecule has 0 spiro atoms. The van der Waals surface area contributed by atoms with Crippen LogP contribution in [0.2, 0.25) is 0 Å². The summed E-state index contributed by atoms with van der Waals surface area (Å²) in [4.78, 5) is 14.0. The standard InChI is InChI=1S/C16H32N2O/c1-11(2)9-15(16(19)18(5)6)17-14-8-7-12(3)13(4)10-14/h11-15,17H,7-10H2,1-6H3. The molecule has 3 heteroatoms. The molecule has 112 valence electrons. The molecule has 0 aliphatic heterocycles. The molecule has 19 heavy (non-hydrogen) atoms. The molecule has 0 radical (unpaired) electrons. The summed E-state index contributed by atoms with van der Waals surface area (Å²) < 4.78 is 0. The average Bonchev–Trinajstić information content (AvgIpc) is 2.31. The Hall–Kier alpha value is -0.570. The van der Waals surface area contributed by atoms with Crippen molar-refractivity contribution in [2.45, 2.75) is 65.5 Å². The van der Waals surface area contributed by atoms with E-state index >= 15 is 0 Å². The second-order valence-corrected chi connectivity index (χ2v) is 7.05. The van der Waals surface area contributed by atoms with E-state index in [1.54, 1.807) is 4.90 Å². The number of nitrogens with one attached hydrogen (secondary N) is 1. The van der Waals surface area contributed by atoms with Gasteiger partial charge in [0.2, 0.25) is 5.91 Å². The van der Waals surface area contributed by atoms with E-state index in [2.05, 4.69) is 33.0 Å². The first kappa shape index (κ1) is 16.5. The van der Waals surface area contributed by atoms with Crippen LogP contribution in [0.25, 0.3) is 0 Å². The Bertz CT molecular complexity index is 288. The number of amides is 1. The van der Waals surface area contributed by atoms with Crippen LogP contribution < -0.4 is 5.32 Å². The topological polar surface area (TPSA) is 32.3 Å².